The third-order valence-electron chi connectivity index (χ3n) is 11.4. The van der Waals surface area contributed by atoms with Gasteiger partial charge < -0.3 is 0 Å². The number of fused-ring (bicyclic) bond motifs is 6. The Labute approximate surface area is 330 Å². The molecule has 4 nitrogen and oxygen atoms in total. The van der Waals surface area contributed by atoms with Gasteiger partial charge in [-0.1, -0.05) is 188 Å². The molecule has 0 radical (unpaired) electrons. The van der Waals surface area contributed by atoms with Crippen molar-refractivity contribution in [3.63, 3.8) is 0 Å². The van der Waals surface area contributed by atoms with Gasteiger partial charge in [-0.05, 0) is 56.8 Å². The molecule has 10 aromatic rings. The normalized spacial score (nSPS) is 12.7. The summed E-state index contributed by atoms with van der Waals surface area (Å²) in [6.07, 6.45) is 0. The third kappa shape index (κ3) is 5.30. The molecule has 1 aliphatic carbocycles. The lowest BCUT2D eigenvalue weighted by atomic mass is 9.67. The summed E-state index contributed by atoms with van der Waals surface area (Å²) in [5.74, 6) is 1.93. The summed E-state index contributed by atoms with van der Waals surface area (Å²) in [5, 5.41) is 3.37. The van der Waals surface area contributed by atoms with Crippen molar-refractivity contribution in [2.24, 2.45) is 0 Å². The highest BCUT2D eigenvalue weighted by atomic mass is 15.0. The average molecular weight is 727 g/mol. The minimum atomic E-state index is -0.542. The zero-order valence-electron chi connectivity index (χ0n) is 30.9. The van der Waals surface area contributed by atoms with Crippen molar-refractivity contribution < 1.29 is 0 Å². The molecule has 4 heteroatoms. The number of pyridine rings is 1. The third-order valence-corrected chi connectivity index (χ3v) is 11.4. The zero-order chi connectivity index (χ0) is 37.8. The number of hydrogen-bond acceptors (Lipinski definition) is 4. The van der Waals surface area contributed by atoms with Gasteiger partial charge in [0.2, 0.25) is 0 Å². The molecule has 0 aliphatic heterocycles. The topological polar surface area (TPSA) is 51.6 Å². The largest absolute Gasteiger partial charge is 0.247 e. The van der Waals surface area contributed by atoms with E-state index in [2.05, 4.69) is 146 Å². The standard InChI is InChI=1S/C53H34N4/c1-5-17-35(18-6-1)50-55-51(36-19-7-2-8-20-36)57-52(56-50)40-32-30-37-33-39(31-29-38(37)34-40)49-47-43-25-13-15-27-45(43)53(41-21-9-3-10-22-41,42-23-11-4-12-24-42)48(47)44-26-14-16-28-46(44)54-49/h1-34H. The van der Waals surface area contributed by atoms with Gasteiger partial charge in [-0.25, -0.2) is 19.9 Å². The first-order valence-electron chi connectivity index (χ1n) is 19.3. The molecule has 2 heterocycles. The number of para-hydroxylation sites is 1. The molecule has 1 aliphatic rings. The first-order chi connectivity index (χ1) is 28.3. The minimum Gasteiger partial charge on any atom is -0.247 e. The summed E-state index contributed by atoms with van der Waals surface area (Å²) < 4.78 is 0. The predicted molar refractivity (Wildman–Crippen MR) is 232 cm³/mol. The van der Waals surface area contributed by atoms with Crippen molar-refractivity contribution in [1.82, 2.24) is 19.9 Å². The van der Waals surface area contributed by atoms with Crippen LogP contribution >= 0.6 is 0 Å². The van der Waals surface area contributed by atoms with Gasteiger partial charge in [-0.3, -0.25) is 0 Å². The van der Waals surface area contributed by atoms with Crippen LogP contribution in [0.25, 0.3) is 78.2 Å². The van der Waals surface area contributed by atoms with E-state index >= 15 is 0 Å². The molecule has 0 saturated carbocycles. The van der Waals surface area contributed by atoms with Crippen molar-refractivity contribution in [2.45, 2.75) is 5.41 Å². The highest BCUT2D eigenvalue weighted by Gasteiger charge is 2.48. The van der Waals surface area contributed by atoms with Crippen LogP contribution in [0.1, 0.15) is 22.3 Å². The molecule has 2 aromatic heterocycles. The fraction of sp³-hybridized carbons (Fsp3) is 0.0189. The molecular weight excluding hydrogens is 693 g/mol. The fourth-order valence-corrected chi connectivity index (χ4v) is 8.85. The first kappa shape index (κ1) is 32.8. The van der Waals surface area contributed by atoms with E-state index in [9.17, 15) is 0 Å². The van der Waals surface area contributed by atoms with E-state index in [4.69, 9.17) is 19.9 Å². The van der Waals surface area contributed by atoms with Gasteiger partial charge in [0.25, 0.3) is 0 Å². The number of nitrogens with zero attached hydrogens (tertiary/aromatic N) is 4. The number of benzene rings is 8. The molecule has 0 fully saturated rings. The maximum Gasteiger partial charge on any atom is 0.164 e. The maximum atomic E-state index is 5.49. The molecule has 0 saturated heterocycles. The Morgan fingerprint density at radius 1 is 0.351 bits per heavy atom. The lowest BCUT2D eigenvalue weighted by Crippen LogP contribution is -2.29. The fourth-order valence-electron chi connectivity index (χ4n) is 8.85. The monoisotopic (exact) mass is 726 g/mol. The van der Waals surface area contributed by atoms with Gasteiger partial charge in [0.05, 0.1) is 16.6 Å². The van der Waals surface area contributed by atoms with Gasteiger partial charge in [0, 0.05) is 33.2 Å². The van der Waals surface area contributed by atoms with Crippen molar-refractivity contribution in [3.05, 3.63) is 229 Å². The Hall–Kier alpha value is -7.56. The van der Waals surface area contributed by atoms with Gasteiger partial charge >= 0.3 is 0 Å². The number of rotatable bonds is 6. The molecular formula is C53H34N4. The highest BCUT2D eigenvalue weighted by molar-refractivity contribution is 6.04. The van der Waals surface area contributed by atoms with Crippen molar-refractivity contribution >= 4 is 21.7 Å². The molecule has 11 rings (SSSR count). The molecule has 0 spiro atoms. The minimum absolute atomic E-state index is 0.542. The summed E-state index contributed by atoms with van der Waals surface area (Å²) in [6.45, 7) is 0. The lowest BCUT2D eigenvalue weighted by molar-refractivity contribution is 0.775. The second-order valence-corrected chi connectivity index (χ2v) is 14.6. The molecule has 0 bridgehead atoms. The Kier molecular flexibility index (Phi) is 7.68. The summed E-state index contributed by atoms with van der Waals surface area (Å²) in [7, 11) is 0. The van der Waals surface area contributed by atoms with E-state index in [-0.39, 0.29) is 0 Å². The van der Waals surface area contributed by atoms with Crippen LogP contribution < -0.4 is 0 Å². The highest BCUT2D eigenvalue weighted by Crippen LogP contribution is 2.59. The van der Waals surface area contributed by atoms with Crippen LogP contribution in [-0.4, -0.2) is 19.9 Å². The van der Waals surface area contributed by atoms with Crippen LogP contribution in [0.3, 0.4) is 0 Å². The molecule has 0 N–H and O–H groups in total. The number of aromatic nitrogens is 4. The molecule has 8 aromatic carbocycles. The second-order valence-electron chi connectivity index (χ2n) is 14.6. The first-order valence-corrected chi connectivity index (χ1v) is 19.3. The van der Waals surface area contributed by atoms with E-state index in [1.165, 1.54) is 33.4 Å². The second kappa shape index (κ2) is 13.3. The molecule has 266 valence electrons. The lowest BCUT2D eigenvalue weighted by Gasteiger charge is -2.34. The Balaban J connectivity index is 1.11. The Morgan fingerprint density at radius 2 is 0.825 bits per heavy atom. The summed E-state index contributed by atoms with van der Waals surface area (Å²) in [6, 6.07) is 72.9. The van der Waals surface area contributed by atoms with Gasteiger partial charge in [-0.15, -0.1) is 0 Å². The van der Waals surface area contributed by atoms with E-state index in [0.29, 0.717) is 17.5 Å². The van der Waals surface area contributed by atoms with Gasteiger partial charge in [-0.2, -0.15) is 0 Å². The van der Waals surface area contributed by atoms with Crippen LogP contribution in [-0.2, 0) is 5.41 Å². The summed E-state index contributed by atoms with van der Waals surface area (Å²) >= 11 is 0. The summed E-state index contributed by atoms with van der Waals surface area (Å²) in [4.78, 5) is 20.4. The van der Waals surface area contributed by atoms with E-state index < -0.39 is 5.41 Å². The Morgan fingerprint density at radius 3 is 1.44 bits per heavy atom. The van der Waals surface area contributed by atoms with E-state index in [0.717, 1.165) is 49.6 Å². The smallest absolute Gasteiger partial charge is 0.164 e. The molecule has 0 amide bonds. The summed E-state index contributed by atoms with van der Waals surface area (Å²) in [5.41, 5.74) is 12.7. The van der Waals surface area contributed by atoms with Crippen molar-refractivity contribution in [3.8, 4) is 56.5 Å². The van der Waals surface area contributed by atoms with E-state index in [1.54, 1.807) is 0 Å². The van der Waals surface area contributed by atoms with Gasteiger partial charge in [0.15, 0.2) is 17.5 Å². The predicted octanol–water partition coefficient (Wildman–Crippen LogP) is 12.6. The molecule has 0 atom stereocenters. The SMILES string of the molecule is c1ccc(-c2nc(-c3ccccc3)nc(-c3ccc4cc(-c5nc6ccccc6c6c5-c5ccccc5C6(c5ccccc5)c5ccccc5)ccc4c3)n2)cc1. The van der Waals surface area contributed by atoms with Crippen LogP contribution in [0.4, 0.5) is 0 Å². The molecule has 0 unspecified atom stereocenters. The van der Waals surface area contributed by atoms with Crippen LogP contribution in [0.2, 0.25) is 0 Å². The molecule has 57 heavy (non-hydrogen) atoms. The maximum absolute atomic E-state index is 5.49. The van der Waals surface area contributed by atoms with Gasteiger partial charge in [0.1, 0.15) is 0 Å². The van der Waals surface area contributed by atoms with Crippen LogP contribution in [0.5, 0.6) is 0 Å². The Bertz CT molecular complexity index is 3010. The number of hydrogen-bond donors (Lipinski definition) is 0. The van der Waals surface area contributed by atoms with Crippen molar-refractivity contribution in [2.75, 3.05) is 0 Å². The zero-order valence-corrected chi connectivity index (χ0v) is 30.9. The van der Waals surface area contributed by atoms with Crippen LogP contribution in [0.15, 0.2) is 206 Å². The van der Waals surface area contributed by atoms with E-state index in [1.807, 2.05) is 60.7 Å². The average Bonchev–Trinajstić information content (AvgIpc) is 3.62. The van der Waals surface area contributed by atoms with Crippen molar-refractivity contribution in [1.29, 1.82) is 0 Å². The quantitative estimate of drug-likeness (QED) is 0.171. The van der Waals surface area contributed by atoms with Crippen LogP contribution in [0, 0.1) is 0 Å².